The monoisotopic (exact) mass is 226 g/mol. The fourth-order valence-electron chi connectivity index (χ4n) is 1.02. The smallest absolute Gasteiger partial charge is 0.252 e. The molecule has 2 N–H and O–H groups in total. The van der Waals surface area contributed by atoms with E-state index >= 15 is 0 Å². The lowest BCUT2D eigenvalue weighted by atomic mass is 10.3. The largest absolute Gasteiger partial charge is 0.395 e. The van der Waals surface area contributed by atoms with E-state index in [-0.39, 0.29) is 19.1 Å². The zero-order valence-electron chi connectivity index (χ0n) is 8.56. The van der Waals surface area contributed by atoms with Gasteiger partial charge in [0.05, 0.1) is 17.2 Å². The van der Waals surface area contributed by atoms with Crippen LogP contribution in [-0.4, -0.2) is 34.9 Å². The lowest BCUT2D eigenvalue weighted by molar-refractivity contribution is 0.0944. The van der Waals surface area contributed by atoms with Gasteiger partial charge in [-0.2, -0.15) is 0 Å². The third-order valence-corrected chi connectivity index (χ3v) is 2.51. The first kappa shape index (κ1) is 12.0. The Labute approximate surface area is 93.1 Å². The Hall–Kier alpha value is -1.07. The molecule has 0 bridgehead atoms. The average Bonchev–Trinajstić information content (AvgIpc) is 2.27. The maximum absolute atomic E-state index is 11.4. The molecule has 0 fully saturated rings. The number of thioether (sulfide) groups is 1. The predicted molar refractivity (Wildman–Crippen MR) is 60.1 cm³/mol. The summed E-state index contributed by atoms with van der Waals surface area (Å²) in [7, 11) is 0. The van der Waals surface area contributed by atoms with Crippen LogP contribution in [0.3, 0.4) is 0 Å². The molecule has 5 heteroatoms. The van der Waals surface area contributed by atoms with E-state index in [2.05, 4.69) is 10.3 Å². The molecule has 1 aromatic heterocycles. The molecular formula is C10H14N2O2S. The molecule has 15 heavy (non-hydrogen) atoms. The Bertz CT molecular complexity index is 314. The van der Waals surface area contributed by atoms with E-state index in [4.69, 9.17) is 5.11 Å². The quantitative estimate of drug-likeness (QED) is 0.733. The van der Waals surface area contributed by atoms with Crippen molar-refractivity contribution in [3.8, 4) is 0 Å². The van der Waals surface area contributed by atoms with Gasteiger partial charge in [-0.25, -0.2) is 4.98 Å². The highest BCUT2D eigenvalue weighted by molar-refractivity contribution is 7.99. The van der Waals surface area contributed by atoms with Crippen LogP contribution in [-0.2, 0) is 0 Å². The van der Waals surface area contributed by atoms with Crippen LogP contribution in [0.15, 0.2) is 23.4 Å². The molecule has 1 amide bonds. The highest BCUT2D eigenvalue weighted by atomic mass is 32.2. The van der Waals surface area contributed by atoms with E-state index in [9.17, 15) is 4.79 Å². The van der Waals surface area contributed by atoms with Crippen LogP contribution in [0.25, 0.3) is 0 Å². The molecule has 0 saturated heterocycles. The highest BCUT2D eigenvalue weighted by Gasteiger charge is 2.04. The highest BCUT2D eigenvalue weighted by Crippen LogP contribution is 2.14. The third kappa shape index (κ3) is 3.89. The lowest BCUT2D eigenvalue weighted by Gasteiger charge is -2.03. The minimum Gasteiger partial charge on any atom is -0.395 e. The van der Waals surface area contributed by atoms with Crippen LogP contribution in [0.2, 0.25) is 0 Å². The summed E-state index contributed by atoms with van der Waals surface area (Å²) in [5, 5.41) is 12.0. The summed E-state index contributed by atoms with van der Waals surface area (Å²) in [5.41, 5.74) is 0.518. The van der Waals surface area contributed by atoms with E-state index in [1.54, 1.807) is 24.0 Å². The Morgan fingerprint density at radius 3 is 2.93 bits per heavy atom. The first-order valence-corrected chi connectivity index (χ1v) is 5.74. The number of hydrogen-bond acceptors (Lipinski definition) is 4. The summed E-state index contributed by atoms with van der Waals surface area (Å²) in [6.07, 6.45) is 1.55. The Morgan fingerprint density at radius 1 is 1.60 bits per heavy atom. The molecule has 0 radical (unpaired) electrons. The SMILES string of the molecule is CCSc1ccc(C(=O)NCCO)cn1. The standard InChI is InChI=1S/C10H14N2O2S/c1-2-15-9-4-3-8(7-12-9)10(14)11-5-6-13/h3-4,7,13H,2,5-6H2,1H3,(H,11,14). The Balaban J connectivity index is 2.58. The molecule has 1 heterocycles. The van der Waals surface area contributed by atoms with Crippen molar-refractivity contribution in [2.45, 2.75) is 11.9 Å². The fourth-order valence-corrected chi connectivity index (χ4v) is 1.61. The second kappa shape index (κ2) is 6.42. The molecule has 4 nitrogen and oxygen atoms in total. The number of rotatable bonds is 5. The second-order valence-electron chi connectivity index (χ2n) is 2.80. The number of aliphatic hydroxyl groups excluding tert-OH is 1. The van der Waals surface area contributed by atoms with E-state index in [1.165, 1.54) is 0 Å². The number of aliphatic hydroxyl groups is 1. The number of carbonyl (C=O) groups excluding carboxylic acids is 1. The van der Waals surface area contributed by atoms with Crippen molar-refractivity contribution in [2.75, 3.05) is 18.9 Å². The van der Waals surface area contributed by atoms with Crippen LogP contribution < -0.4 is 5.32 Å². The zero-order chi connectivity index (χ0) is 11.1. The molecule has 0 saturated carbocycles. The fraction of sp³-hybridized carbons (Fsp3) is 0.400. The number of hydrogen-bond donors (Lipinski definition) is 2. The maximum atomic E-state index is 11.4. The summed E-state index contributed by atoms with van der Waals surface area (Å²) in [6, 6.07) is 3.56. The van der Waals surface area contributed by atoms with Crippen molar-refractivity contribution < 1.29 is 9.90 Å². The molecule has 1 rings (SSSR count). The number of carbonyl (C=O) groups is 1. The Kier molecular flexibility index (Phi) is 5.14. The van der Waals surface area contributed by atoms with Gasteiger partial charge < -0.3 is 10.4 Å². The molecule has 1 aromatic rings. The number of nitrogens with zero attached hydrogens (tertiary/aromatic N) is 1. The van der Waals surface area contributed by atoms with Gasteiger partial charge in [0.15, 0.2) is 0 Å². The van der Waals surface area contributed by atoms with E-state index < -0.39 is 0 Å². The van der Waals surface area contributed by atoms with Crippen LogP contribution in [0.1, 0.15) is 17.3 Å². The predicted octanol–water partition coefficient (Wildman–Crippen LogP) is 0.916. The first-order chi connectivity index (χ1) is 7.27. The summed E-state index contributed by atoms with van der Waals surface area (Å²) in [4.78, 5) is 15.5. The van der Waals surface area contributed by atoms with Gasteiger partial charge in [0.1, 0.15) is 0 Å². The molecule has 0 unspecified atom stereocenters. The van der Waals surface area contributed by atoms with E-state index in [0.717, 1.165) is 10.8 Å². The van der Waals surface area contributed by atoms with Crippen molar-refractivity contribution >= 4 is 17.7 Å². The van der Waals surface area contributed by atoms with Crippen LogP contribution in [0, 0.1) is 0 Å². The van der Waals surface area contributed by atoms with Crippen LogP contribution in [0.5, 0.6) is 0 Å². The van der Waals surface area contributed by atoms with Crippen molar-refractivity contribution in [3.63, 3.8) is 0 Å². The molecule has 0 aromatic carbocycles. The normalized spacial score (nSPS) is 10.0. The number of nitrogens with one attached hydrogen (secondary N) is 1. The zero-order valence-corrected chi connectivity index (χ0v) is 9.38. The second-order valence-corrected chi connectivity index (χ2v) is 4.08. The lowest BCUT2D eigenvalue weighted by Crippen LogP contribution is -2.26. The van der Waals surface area contributed by atoms with Gasteiger partial charge in [-0.3, -0.25) is 4.79 Å². The van der Waals surface area contributed by atoms with E-state index in [0.29, 0.717) is 5.56 Å². The molecule has 0 aliphatic carbocycles. The topological polar surface area (TPSA) is 62.2 Å². The maximum Gasteiger partial charge on any atom is 0.252 e. The van der Waals surface area contributed by atoms with Crippen molar-refractivity contribution in [3.05, 3.63) is 23.9 Å². The third-order valence-electron chi connectivity index (χ3n) is 1.69. The van der Waals surface area contributed by atoms with Crippen LogP contribution >= 0.6 is 11.8 Å². The van der Waals surface area contributed by atoms with Gasteiger partial charge in [0.25, 0.3) is 5.91 Å². The number of amides is 1. The molecule has 0 atom stereocenters. The molecule has 0 spiro atoms. The summed E-state index contributed by atoms with van der Waals surface area (Å²) in [5.74, 6) is 0.757. The minimum absolute atomic E-state index is 0.0526. The number of pyridine rings is 1. The van der Waals surface area contributed by atoms with Crippen molar-refractivity contribution in [1.29, 1.82) is 0 Å². The molecule has 0 aliphatic heterocycles. The summed E-state index contributed by atoms with van der Waals surface area (Å²) in [6.45, 7) is 2.27. The van der Waals surface area contributed by atoms with Gasteiger partial charge in [-0.1, -0.05) is 6.92 Å². The van der Waals surface area contributed by atoms with Crippen molar-refractivity contribution in [2.24, 2.45) is 0 Å². The molecule has 82 valence electrons. The van der Waals surface area contributed by atoms with Gasteiger partial charge in [-0.15, -0.1) is 11.8 Å². The van der Waals surface area contributed by atoms with E-state index in [1.807, 2.05) is 13.0 Å². The van der Waals surface area contributed by atoms with Crippen molar-refractivity contribution in [1.82, 2.24) is 10.3 Å². The van der Waals surface area contributed by atoms with Gasteiger partial charge >= 0.3 is 0 Å². The molecular weight excluding hydrogens is 212 g/mol. The van der Waals surface area contributed by atoms with Gasteiger partial charge in [-0.05, 0) is 17.9 Å². The van der Waals surface area contributed by atoms with Gasteiger partial charge in [0.2, 0.25) is 0 Å². The number of aromatic nitrogens is 1. The van der Waals surface area contributed by atoms with Crippen LogP contribution in [0.4, 0.5) is 0 Å². The molecule has 0 aliphatic rings. The van der Waals surface area contributed by atoms with Gasteiger partial charge in [0, 0.05) is 12.7 Å². The first-order valence-electron chi connectivity index (χ1n) is 4.75. The minimum atomic E-state index is -0.204. The summed E-state index contributed by atoms with van der Waals surface area (Å²) < 4.78 is 0. The Morgan fingerprint density at radius 2 is 2.40 bits per heavy atom. The average molecular weight is 226 g/mol. The summed E-state index contributed by atoms with van der Waals surface area (Å²) >= 11 is 1.63.